The minimum Gasteiger partial charge on any atom is -0.396 e. The van der Waals surface area contributed by atoms with Gasteiger partial charge < -0.3 is 21.3 Å². The van der Waals surface area contributed by atoms with Crippen molar-refractivity contribution in [3.63, 3.8) is 0 Å². The van der Waals surface area contributed by atoms with E-state index >= 15 is 4.39 Å². The van der Waals surface area contributed by atoms with Gasteiger partial charge in [-0.05, 0) is 36.8 Å². The Bertz CT molecular complexity index is 1100. The maximum atomic E-state index is 15.0. The molecule has 5 N–H and O–H groups in total. The van der Waals surface area contributed by atoms with Crippen LogP contribution in [0.15, 0.2) is 24.5 Å². The van der Waals surface area contributed by atoms with E-state index in [0.717, 1.165) is 16.8 Å². The minimum absolute atomic E-state index is 0.00817. The Labute approximate surface area is 153 Å². The summed E-state index contributed by atoms with van der Waals surface area (Å²) in [7, 11) is 0. The standard InChI is InChI=1S/C19H17FN4O3/c1-8-11(6-23-13-2-3-14(25)16(8)13)10-4-9-5-15(27-19(22)26)24-7-12(9)18(21)17(10)20/h4-7,14,25H,2-3,21H2,1H3,(H2,22,26)/t14-/m0/s1. The van der Waals surface area contributed by atoms with E-state index in [4.69, 9.17) is 16.2 Å². The maximum Gasteiger partial charge on any atom is 0.411 e. The van der Waals surface area contributed by atoms with Crippen molar-refractivity contribution in [3.8, 4) is 17.0 Å². The van der Waals surface area contributed by atoms with E-state index in [1.165, 1.54) is 12.3 Å². The number of hydrogen-bond donors (Lipinski definition) is 3. The molecule has 1 aliphatic rings. The Morgan fingerprint density at radius 3 is 2.81 bits per heavy atom. The number of aryl methyl sites for hydroxylation is 1. The van der Waals surface area contributed by atoms with E-state index in [9.17, 15) is 9.90 Å². The van der Waals surface area contributed by atoms with Gasteiger partial charge in [0.15, 0.2) is 5.82 Å². The van der Waals surface area contributed by atoms with Crippen molar-refractivity contribution >= 4 is 22.6 Å². The van der Waals surface area contributed by atoms with Crippen molar-refractivity contribution in [1.29, 1.82) is 0 Å². The zero-order valence-electron chi connectivity index (χ0n) is 14.5. The lowest BCUT2D eigenvalue weighted by Gasteiger charge is -2.15. The molecule has 4 rings (SSSR count). The zero-order chi connectivity index (χ0) is 19.3. The number of primary amides is 1. The number of aromatic nitrogens is 2. The van der Waals surface area contributed by atoms with Gasteiger partial charge in [-0.2, -0.15) is 0 Å². The molecule has 0 aliphatic heterocycles. The van der Waals surface area contributed by atoms with Crippen LogP contribution in [-0.4, -0.2) is 21.2 Å². The molecule has 1 aromatic carbocycles. The second-order valence-corrected chi connectivity index (χ2v) is 6.53. The molecule has 0 spiro atoms. The molecule has 7 nitrogen and oxygen atoms in total. The number of hydrogen-bond acceptors (Lipinski definition) is 6. The number of aliphatic hydroxyl groups is 1. The third kappa shape index (κ3) is 2.74. The summed E-state index contributed by atoms with van der Waals surface area (Å²) < 4.78 is 19.8. The molecular weight excluding hydrogens is 351 g/mol. The Balaban J connectivity index is 1.93. The van der Waals surface area contributed by atoms with Gasteiger partial charge in [-0.25, -0.2) is 14.2 Å². The van der Waals surface area contributed by atoms with Gasteiger partial charge in [0, 0.05) is 46.2 Å². The van der Waals surface area contributed by atoms with E-state index in [0.29, 0.717) is 29.2 Å². The van der Waals surface area contributed by atoms with Crippen LogP contribution in [0.4, 0.5) is 14.9 Å². The van der Waals surface area contributed by atoms with Crippen LogP contribution in [0.1, 0.15) is 29.3 Å². The molecule has 27 heavy (non-hydrogen) atoms. The summed E-state index contributed by atoms with van der Waals surface area (Å²) in [4.78, 5) is 19.2. The predicted molar refractivity (Wildman–Crippen MR) is 97.6 cm³/mol. The fourth-order valence-corrected chi connectivity index (χ4v) is 3.63. The van der Waals surface area contributed by atoms with E-state index in [2.05, 4.69) is 9.97 Å². The molecule has 1 amide bonds. The molecule has 2 aromatic heterocycles. The smallest absolute Gasteiger partial charge is 0.396 e. The first-order valence-electron chi connectivity index (χ1n) is 8.38. The van der Waals surface area contributed by atoms with Gasteiger partial charge in [0.05, 0.1) is 11.8 Å². The fraction of sp³-hybridized carbons (Fsp3) is 0.211. The maximum absolute atomic E-state index is 15.0. The molecule has 0 saturated heterocycles. The molecular formula is C19H17FN4O3. The monoisotopic (exact) mass is 368 g/mol. The molecule has 0 radical (unpaired) electrons. The van der Waals surface area contributed by atoms with Gasteiger partial charge in [-0.15, -0.1) is 0 Å². The topological polar surface area (TPSA) is 124 Å². The number of halogens is 1. The summed E-state index contributed by atoms with van der Waals surface area (Å²) in [5, 5.41) is 11.1. The van der Waals surface area contributed by atoms with E-state index in [-0.39, 0.29) is 17.1 Å². The molecule has 0 bridgehead atoms. The molecule has 0 fully saturated rings. The lowest BCUT2D eigenvalue weighted by Crippen LogP contribution is -2.16. The Morgan fingerprint density at radius 1 is 1.30 bits per heavy atom. The highest BCUT2D eigenvalue weighted by Crippen LogP contribution is 2.40. The molecule has 0 saturated carbocycles. The number of ether oxygens (including phenoxy) is 1. The van der Waals surface area contributed by atoms with Crippen LogP contribution >= 0.6 is 0 Å². The highest BCUT2D eigenvalue weighted by Gasteiger charge is 2.26. The van der Waals surface area contributed by atoms with Crippen LogP contribution in [-0.2, 0) is 6.42 Å². The van der Waals surface area contributed by atoms with Gasteiger partial charge in [-0.1, -0.05) is 0 Å². The number of nitrogens with two attached hydrogens (primary N) is 2. The number of benzene rings is 1. The number of pyridine rings is 2. The fourth-order valence-electron chi connectivity index (χ4n) is 3.63. The average Bonchev–Trinajstić information content (AvgIpc) is 3.00. The molecule has 3 aromatic rings. The summed E-state index contributed by atoms with van der Waals surface area (Å²) in [6.07, 6.45) is 2.62. The average molecular weight is 368 g/mol. The van der Waals surface area contributed by atoms with Crippen molar-refractivity contribution < 1.29 is 19.0 Å². The van der Waals surface area contributed by atoms with E-state index in [1.54, 1.807) is 12.3 Å². The Kier molecular flexibility index (Phi) is 3.92. The number of nitrogen functional groups attached to an aromatic ring is 1. The minimum atomic E-state index is -0.996. The summed E-state index contributed by atoms with van der Waals surface area (Å²) in [6.45, 7) is 1.83. The van der Waals surface area contributed by atoms with Gasteiger partial charge >= 0.3 is 6.09 Å². The molecule has 2 heterocycles. The summed E-state index contributed by atoms with van der Waals surface area (Å²) in [6, 6.07) is 3.05. The van der Waals surface area contributed by atoms with Crippen molar-refractivity contribution in [3.05, 3.63) is 47.2 Å². The Hall–Kier alpha value is -3.26. The molecule has 1 aliphatic carbocycles. The number of carbonyl (C=O) groups is 1. The quantitative estimate of drug-likeness (QED) is 0.598. The van der Waals surface area contributed by atoms with Crippen molar-refractivity contribution in [2.75, 3.05) is 5.73 Å². The van der Waals surface area contributed by atoms with Crippen LogP contribution < -0.4 is 16.2 Å². The van der Waals surface area contributed by atoms with Crippen LogP contribution in [0, 0.1) is 12.7 Å². The summed E-state index contributed by atoms with van der Waals surface area (Å²) in [5.41, 5.74) is 14.1. The molecule has 1 atom stereocenters. The lowest BCUT2D eigenvalue weighted by molar-refractivity contribution is 0.179. The van der Waals surface area contributed by atoms with Gasteiger partial charge in [-0.3, -0.25) is 4.98 Å². The van der Waals surface area contributed by atoms with Gasteiger partial charge in [0.2, 0.25) is 5.88 Å². The van der Waals surface area contributed by atoms with Crippen LogP contribution in [0.5, 0.6) is 5.88 Å². The number of anilines is 1. The van der Waals surface area contributed by atoms with Crippen LogP contribution in [0.25, 0.3) is 21.9 Å². The summed E-state index contributed by atoms with van der Waals surface area (Å²) in [5.74, 6) is -0.601. The second-order valence-electron chi connectivity index (χ2n) is 6.53. The first kappa shape index (κ1) is 17.2. The second kappa shape index (κ2) is 6.17. The molecule has 0 unspecified atom stereocenters. The van der Waals surface area contributed by atoms with Crippen molar-refractivity contribution in [2.24, 2.45) is 5.73 Å². The molecule has 8 heteroatoms. The number of rotatable bonds is 2. The van der Waals surface area contributed by atoms with E-state index in [1.807, 2.05) is 6.92 Å². The van der Waals surface area contributed by atoms with Crippen molar-refractivity contribution in [1.82, 2.24) is 9.97 Å². The third-order valence-corrected chi connectivity index (χ3v) is 4.93. The predicted octanol–water partition coefficient (Wildman–Crippen LogP) is 2.76. The lowest BCUT2D eigenvalue weighted by atomic mass is 9.94. The zero-order valence-corrected chi connectivity index (χ0v) is 14.5. The first-order valence-corrected chi connectivity index (χ1v) is 8.38. The van der Waals surface area contributed by atoms with Crippen LogP contribution in [0.3, 0.4) is 0 Å². The number of nitrogens with zero attached hydrogens (tertiary/aromatic N) is 2. The largest absolute Gasteiger partial charge is 0.411 e. The Morgan fingerprint density at radius 2 is 2.07 bits per heavy atom. The number of amides is 1. The number of aliphatic hydroxyl groups excluding tert-OH is 1. The van der Waals surface area contributed by atoms with Gasteiger partial charge in [0.25, 0.3) is 0 Å². The highest BCUT2D eigenvalue weighted by atomic mass is 19.1. The number of fused-ring (bicyclic) bond motifs is 2. The van der Waals surface area contributed by atoms with Gasteiger partial charge in [0.1, 0.15) is 0 Å². The highest BCUT2D eigenvalue weighted by molar-refractivity contribution is 5.97. The number of carbonyl (C=O) groups excluding carboxylic acids is 1. The first-order chi connectivity index (χ1) is 12.9. The van der Waals surface area contributed by atoms with Crippen molar-refractivity contribution in [2.45, 2.75) is 25.9 Å². The summed E-state index contributed by atoms with van der Waals surface area (Å²) >= 11 is 0. The SMILES string of the molecule is Cc1c(-c2cc3cc(OC(N)=O)ncc3c(N)c2F)cnc2c1[C@@H](O)CC2. The third-order valence-electron chi connectivity index (χ3n) is 4.93. The normalized spacial score (nSPS) is 15.7. The van der Waals surface area contributed by atoms with E-state index < -0.39 is 18.0 Å². The van der Waals surface area contributed by atoms with Crippen LogP contribution in [0.2, 0.25) is 0 Å². The molecule has 138 valence electrons.